The summed E-state index contributed by atoms with van der Waals surface area (Å²) < 4.78 is 0. The molecule has 0 saturated carbocycles. The Balaban J connectivity index is 1.64. The van der Waals surface area contributed by atoms with Gasteiger partial charge < -0.3 is 5.32 Å². The number of benzene rings is 1. The fourth-order valence-electron chi connectivity index (χ4n) is 3.31. The Morgan fingerprint density at radius 2 is 1.52 bits per heavy atom. The van der Waals surface area contributed by atoms with Gasteiger partial charge in [0, 0.05) is 38.3 Å². The molecule has 1 aromatic carbocycles. The molecule has 2 aliphatic heterocycles. The number of hydrogen-bond acceptors (Lipinski definition) is 4. The van der Waals surface area contributed by atoms with E-state index in [4.69, 9.17) is 0 Å². The number of carbonyl (C=O) groups is 2. The highest BCUT2D eigenvalue weighted by Gasteiger charge is 2.35. The summed E-state index contributed by atoms with van der Waals surface area (Å²) in [6.07, 6.45) is 0. The molecule has 0 spiro atoms. The van der Waals surface area contributed by atoms with Gasteiger partial charge in [0.15, 0.2) is 0 Å². The number of rotatable bonds is 3. The van der Waals surface area contributed by atoms with Crippen LogP contribution in [0.25, 0.3) is 0 Å². The molecule has 3 rings (SSSR count). The van der Waals surface area contributed by atoms with Crippen LogP contribution in [0.2, 0.25) is 0 Å². The third-order valence-electron chi connectivity index (χ3n) is 4.15. The standard InChI is InChI=1S/C16H21N3O2/c1-11-9-18(10-12(2)17-11)7-8-19-15(20)13-5-3-4-6-14(13)16(19)21/h3-6,11-12,17H,7-10H2,1-2H3/t11-,12+. The van der Waals surface area contributed by atoms with E-state index in [0.717, 1.165) is 19.6 Å². The molecule has 5 heteroatoms. The van der Waals surface area contributed by atoms with Crippen molar-refractivity contribution in [3.05, 3.63) is 35.4 Å². The summed E-state index contributed by atoms with van der Waals surface area (Å²) in [5, 5.41) is 3.48. The highest BCUT2D eigenvalue weighted by Crippen LogP contribution is 2.22. The van der Waals surface area contributed by atoms with Crippen LogP contribution in [0.4, 0.5) is 0 Å². The Labute approximate surface area is 124 Å². The summed E-state index contributed by atoms with van der Waals surface area (Å²) in [6.45, 7) is 7.42. The van der Waals surface area contributed by atoms with Gasteiger partial charge in [-0.3, -0.25) is 19.4 Å². The van der Waals surface area contributed by atoms with Gasteiger partial charge in [0.1, 0.15) is 0 Å². The first-order valence-corrected chi connectivity index (χ1v) is 7.50. The second kappa shape index (κ2) is 5.58. The Hall–Kier alpha value is -1.72. The van der Waals surface area contributed by atoms with Crippen LogP contribution in [0.5, 0.6) is 0 Å². The van der Waals surface area contributed by atoms with E-state index < -0.39 is 0 Å². The van der Waals surface area contributed by atoms with Crippen molar-refractivity contribution in [2.75, 3.05) is 26.2 Å². The number of imide groups is 1. The molecule has 0 bridgehead atoms. The molecule has 2 aliphatic rings. The number of fused-ring (bicyclic) bond motifs is 1. The predicted octanol–water partition coefficient (Wildman–Crippen LogP) is 0.965. The molecule has 21 heavy (non-hydrogen) atoms. The molecule has 0 radical (unpaired) electrons. The van der Waals surface area contributed by atoms with E-state index in [1.165, 1.54) is 4.90 Å². The van der Waals surface area contributed by atoms with Crippen molar-refractivity contribution in [3.8, 4) is 0 Å². The van der Waals surface area contributed by atoms with Crippen molar-refractivity contribution in [1.29, 1.82) is 0 Å². The zero-order valence-electron chi connectivity index (χ0n) is 12.5. The molecule has 5 nitrogen and oxygen atoms in total. The lowest BCUT2D eigenvalue weighted by atomic mass is 10.1. The van der Waals surface area contributed by atoms with Crippen LogP contribution in [-0.2, 0) is 0 Å². The minimum Gasteiger partial charge on any atom is -0.309 e. The van der Waals surface area contributed by atoms with Gasteiger partial charge in [0.25, 0.3) is 11.8 Å². The number of piperazine rings is 1. The number of amides is 2. The summed E-state index contributed by atoms with van der Waals surface area (Å²) >= 11 is 0. The average Bonchev–Trinajstić information content (AvgIpc) is 2.69. The van der Waals surface area contributed by atoms with Crippen LogP contribution in [0.3, 0.4) is 0 Å². The van der Waals surface area contributed by atoms with Crippen LogP contribution in [0, 0.1) is 0 Å². The largest absolute Gasteiger partial charge is 0.309 e. The van der Waals surface area contributed by atoms with Gasteiger partial charge in [-0.25, -0.2) is 0 Å². The van der Waals surface area contributed by atoms with Gasteiger partial charge in [0.05, 0.1) is 11.1 Å². The molecule has 2 amide bonds. The molecular weight excluding hydrogens is 266 g/mol. The van der Waals surface area contributed by atoms with Crippen LogP contribution in [-0.4, -0.2) is 59.9 Å². The predicted molar refractivity (Wildman–Crippen MR) is 80.3 cm³/mol. The molecular formula is C16H21N3O2. The lowest BCUT2D eigenvalue weighted by Gasteiger charge is -2.36. The molecule has 2 heterocycles. The number of nitrogens with one attached hydrogen (secondary N) is 1. The van der Waals surface area contributed by atoms with Crippen molar-refractivity contribution in [3.63, 3.8) is 0 Å². The van der Waals surface area contributed by atoms with Crippen molar-refractivity contribution < 1.29 is 9.59 Å². The van der Waals surface area contributed by atoms with E-state index >= 15 is 0 Å². The Morgan fingerprint density at radius 3 is 2.05 bits per heavy atom. The minimum atomic E-state index is -0.160. The van der Waals surface area contributed by atoms with Crippen molar-refractivity contribution in [1.82, 2.24) is 15.1 Å². The lowest BCUT2D eigenvalue weighted by Crippen LogP contribution is -2.55. The molecule has 0 aromatic heterocycles. The van der Waals surface area contributed by atoms with Crippen molar-refractivity contribution in [2.45, 2.75) is 25.9 Å². The molecule has 0 aliphatic carbocycles. The fraction of sp³-hybridized carbons (Fsp3) is 0.500. The average molecular weight is 287 g/mol. The van der Waals surface area contributed by atoms with Crippen LogP contribution < -0.4 is 5.32 Å². The van der Waals surface area contributed by atoms with Crippen LogP contribution >= 0.6 is 0 Å². The quantitative estimate of drug-likeness (QED) is 0.842. The van der Waals surface area contributed by atoms with Crippen molar-refractivity contribution >= 4 is 11.8 Å². The van der Waals surface area contributed by atoms with Gasteiger partial charge in [-0.2, -0.15) is 0 Å². The third-order valence-corrected chi connectivity index (χ3v) is 4.15. The topological polar surface area (TPSA) is 52.7 Å². The maximum atomic E-state index is 12.3. The highest BCUT2D eigenvalue weighted by atomic mass is 16.2. The Bertz CT molecular complexity index is 527. The number of nitrogens with zero attached hydrogens (tertiary/aromatic N) is 2. The zero-order chi connectivity index (χ0) is 15.0. The molecule has 112 valence electrons. The monoisotopic (exact) mass is 287 g/mol. The minimum absolute atomic E-state index is 0.160. The molecule has 1 N–H and O–H groups in total. The number of hydrogen-bond donors (Lipinski definition) is 1. The SMILES string of the molecule is C[C@@H]1CN(CCN2C(=O)c3ccccc3C2=O)C[C@H](C)N1. The normalized spacial score (nSPS) is 26.3. The Kier molecular flexibility index (Phi) is 3.78. The molecule has 1 fully saturated rings. The summed E-state index contributed by atoms with van der Waals surface area (Å²) in [6, 6.07) is 7.93. The molecule has 0 unspecified atom stereocenters. The van der Waals surface area contributed by atoms with E-state index in [1.807, 2.05) is 0 Å². The lowest BCUT2D eigenvalue weighted by molar-refractivity contribution is 0.0624. The molecule has 1 aromatic rings. The van der Waals surface area contributed by atoms with Crippen molar-refractivity contribution in [2.24, 2.45) is 0 Å². The second-order valence-corrected chi connectivity index (χ2v) is 6.04. The smallest absolute Gasteiger partial charge is 0.261 e. The van der Waals surface area contributed by atoms with E-state index in [2.05, 4.69) is 24.1 Å². The third kappa shape index (κ3) is 2.71. The van der Waals surface area contributed by atoms with Gasteiger partial charge in [-0.05, 0) is 26.0 Å². The number of carbonyl (C=O) groups excluding carboxylic acids is 2. The Morgan fingerprint density at radius 1 is 1.00 bits per heavy atom. The highest BCUT2D eigenvalue weighted by molar-refractivity contribution is 6.21. The maximum Gasteiger partial charge on any atom is 0.261 e. The van der Waals surface area contributed by atoms with E-state index in [-0.39, 0.29) is 11.8 Å². The molecule has 2 atom stereocenters. The zero-order valence-corrected chi connectivity index (χ0v) is 12.5. The van der Waals surface area contributed by atoms with Gasteiger partial charge in [-0.1, -0.05) is 12.1 Å². The fourth-order valence-corrected chi connectivity index (χ4v) is 3.31. The molecule has 1 saturated heterocycles. The first-order valence-electron chi connectivity index (χ1n) is 7.50. The first kappa shape index (κ1) is 14.2. The van der Waals surface area contributed by atoms with E-state index in [1.54, 1.807) is 24.3 Å². The summed E-state index contributed by atoms with van der Waals surface area (Å²) in [4.78, 5) is 28.3. The summed E-state index contributed by atoms with van der Waals surface area (Å²) in [5.41, 5.74) is 1.06. The first-order chi connectivity index (χ1) is 10.1. The summed E-state index contributed by atoms with van der Waals surface area (Å²) in [7, 11) is 0. The van der Waals surface area contributed by atoms with Gasteiger partial charge in [-0.15, -0.1) is 0 Å². The van der Waals surface area contributed by atoms with E-state index in [9.17, 15) is 9.59 Å². The van der Waals surface area contributed by atoms with Gasteiger partial charge >= 0.3 is 0 Å². The van der Waals surface area contributed by atoms with E-state index in [0.29, 0.717) is 29.8 Å². The van der Waals surface area contributed by atoms with Crippen LogP contribution in [0.15, 0.2) is 24.3 Å². The van der Waals surface area contributed by atoms with Gasteiger partial charge in [0.2, 0.25) is 0 Å². The second-order valence-electron chi connectivity index (χ2n) is 6.04. The maximum absolute atomic E-state index is 12.3. The summed E-state index contributed by atoms with van der Waals surface area (Å²) in [5.74, 6) is -0.321. The van der Waals surface area contributed by atoms with Crippen LogP contribution in [0.1, 0.15) is 34.6 Å².